The molecule has 0 aliphatic carbocycles. The second-order valence-corrected chi connectivity index (χ2v) is 7.22. The van der Waals surface area contributed by atoms with Crippen LogP contribution in [-0.2, 0) is 4.74 Å². The van der Waals surface area contributed by atoms with Crippen molar-refractivity contribution in [2.75, 3.05) is 23.4 Å². The summed E-state index contributed by atoms with van der Waals surface area (Å²) in [6.45, 7) is 0.768. The maximum Gasteiger partial charge on any atom is 0.147 e. The Morgan fingerprint density at radius 3 is 3.11 bits per heavy atom. The van der Waals surface area contributed by atoms with E-state index in [0.29, 0.717) is 11.7 Å². The largest absolute Gasteiger partial charge is 0.379 e. The number of halogens is 2. The van der Waals surface area contributed by atoms with Crippen LogP contribution in [0.5, 0.6) is 0 Å². The Bertz CT molecular complexity index is 445. The van der Waals surface area contributed by atoms with Crippen LogP contribution in [0.1, 0.15) is 19.3 Å². The summed E-state index contributed by atoms with van der Waals surface area (Å²) in [5.74, 6) is 2.05. The van der Waals surface area contributed by atoms with Gasteiger partial charge in [0.25, 0.3) is 0 Å². The summed E-state index contributed by atoms with van der Waals surface area (Å²) in [7, 11) is 0. The van der Waals surface area contributed by atoms with Crippen molar-refractivity contribution in [2.45, 2.75) is 30.9 Å². The van der Waals surface area contributed by atoms with E-state index in [1.54, 1.807) is 6.07 Å². The molecule has 5 heteroatoms. The van der Waals surface area contributed by atoms with Gasteiger partial charge in [-0.1, -0.05) is 6.07 Å². The van der Waals surface area contributed by atoms with Crippen LogP contribution in [0.3, 0.4) is 0 Å². The highest BCUT2D eigenvalue weighted by Gasteiger charge is 2.40. The van der Waals surface area contributed by atoms with Crippen LogP contribution in [-0.4, -0.2) is 29.8 Å². The van der Waals surface area contributed by atoms with Crippen LogP contribution < -0.4 is 5.32 Å². The minimum Gasteiger partial charge on any atom is -0.379 e. The molecule has 0 saturated carbocycles. The minimum absolute atomic E-state index is 0.0261. The third-order valence-corrected chi connectivity index (χ3v) is 5.76. The first kappa shape index (κ1) is 13.7. The van der Waals surface area contributed by atoms with Gasteiger partial charge < -0.3 is 10.1 Å². The Morgan fingerprint density at radius 1 is 1.47 bits per heavy atom. The van der Waals surface area contributed by atoms with Crippen molar-refractivity contribution in [3.05, 3.63) is 28.5 Å². The molecular formula is C14H17BrFNOS. The summed E-state index contributed by atoms with van der Waals surface area (Å²) in [6, 6.07) is 5.36. The van der Waals surface area contributed by atoms with Gasteiger partial charge in [-0.3, -0.25) is 0 Å². The van der Waals surface area contributed by atoms with E-state index < -0.39 is 0 Å². The number of nitrogens with one attached hydrogen (secondary N) is 1. The van der Waals surface area contributed by atoms with Gasteiger partial charge in [0.15, 0.2) is 0 Å². The van der Waals surface area contributed by atoms with Crippen molar-refractivity contribution in [1.29, 1.82) is 0 Å². The lowest BCUT2D eigenvalue weighted by atomic mass is 9.90. The molecule has 104 valence electrons. The Kier molecular flexibility index (Phi) is 4.06. The van der Waals surface area contributed by atoms with Crippen molar-refractivity contribution < 1.29 is 9.13 Å². The number of benzene rings is 1. The third-order valence-electron chi connectivity index (χ3n) is 3.87. The third kappa shape index (κ3) is 2.93. The number of thioether (sulfide) groups is 1. The highest BCUT2D eigenvalue weighted by Crippen LogP contribution is 2.39. The molecule has 0 bridgehead atoms. The van der Waals surface area contributed by atoms with E-state index in [4.69, 9.17) is 4.74 Å². The lowest BCUT2D eigenvalue weighted by molar-refractivity contribution is -0.0628. The predicted molar refractivity (Wildman–Crippen MR) is 81.4 cm³/mol. The zero-order valence-corrected chi connectivity index (χ0v) is 13.0. The average molecular weight is 346 g/mol. The summed E-state index contributed by atoms with van der Waals surface area (Å²) in [5.41, 5.74) is 0.605. The molecule has 2 unspecified atom stereocenters. The van der Waals surface area contributed by atoms with Crippen LogP contribution >= 0.6 is 27.7 Å². The first-order valence-corrected chi connectivity index (χ1v) is 8.56. The standard InChI is InChI=1S/C14H17BrFNOS/c15-11-2-1-3-12(16)13(11)17-10-4-6-18-14(8-10)5-7-19-9-14/h1-3,10,17H,4-9H2. The predicted octanol–water partition coefficient (Wildman–Crippen LogP) is 4.05. The Labute approximate surface area is 125 Å². The molecule has 2 aliphatic heterocycles. The zero-order valence-electron chi connectivity index (χ0n) is 10.6. The number of ether oxygens (including phenoxy) is 1. The molecule has 0 aromatic heterocycles. The van der Waals surface area contributed by atoms with Gasteiger partial charge in [0.2, 0.25) is 0 Å². The van der Waals surface area contributed by atoms with Crippen molar-refractivity contribution in [3.63, 3.8) is 0 Å². The van der Waals surface area contributed by atoms with E-state index in [0.717, 1.165) is 36.1 Å². The molecule has 19 heavy (non-hydrogen) atoms. The molecule has 2 nitrogen and oxygen atoms in total. The molecular weight excluding hydrogens is 329 g/mol. The first-order chi connectivity index (χ1) is 9.19. The highest BCUT2D eigenvalue weighted by atomic mass is 79.9. The molecule has 3 rings (SSSR count). The fraction of sp³-hybridized carbons (Fsp3) is 0.571. The van der Waals surface area contributed by atoms with Gasteiger partial charge in [0.1, 0.15) is 5.82 Å². The Hall–Kier alpha value is -0.260. The van der Waals surface area contributed by atoms with Gasteiger partial charge in [-0.15, -0.1) is 0 Å². The topological polar surface area (TPSA) is 21.3 Å². The number of hydrogen-bond acceptors (Lipinski definition) is 3. The molecule has 2 fully saturated rings. The number of rotatable bonds is 2. The zero-order chi connectivity index (χ0) is 13.3. The van der Waals surface area contributed by atoms with Gasteiger partial charge >= 0.3 is 0 Å². The lowest BCUT2D eigenvalue weighted by Crippen LogP contribution is -2.44. The van der Waals surface area contributed by atoms with E-state index in [1.807, 2.05) is 17.8 Å². The van der Waals surface area contributed by atoms with Crippen molar-refractivity contribution >= 4 is 33.4 Å². The SMILES string of the molecule is Fc1cccc(Br)c1NC1CCOC2(CCSC2)C1. The molecule has 0 amide bonds. The van der Waals surface area contributed by atoms with Crippen molar-refractivity contribution in [1.82, 2.24) is 0 Å². The maximum absolute atomic E-state index is 13.8. The molecule has 2 atom stereocenters. The second kappa shape index (κ2) is 5.62. The van der Waals surface area contributed by atoms with Crippen LogP contribution in [0.4, 0.5) is 10.1 Å². The normalized spacial score (nSPS) is 30.7. The summed E-state index contributed by atoms with van der Waals surface area (Å²) in [4.78, 5) is 0. The van der Waals surface area contributed by atoms with Gasteiger partial charge in [-0.05, 0) is 53.1 Å². The van der Waals surface area contributed by atoms with Crippen LogP contribution in [0, 0.1) is 5.82 Å². The maximum atomic E-state index is 13.8. The Morgan fingerprint density at radius 2 is 2.37 bits per heavy atom. The Balaban J connectivity index is 1.73. The van der Waals surface area contributed by atoms with E-state index in [2.05, 4.69) is 21.2 Å². The average Bonchev–Trinajstić information content (AvgIpc) is 2.82. The number of anilines is 1. The van der Waals surface area contributed by atoms with Crippen molar-refractivity contribution in [3.8, 4) is 0 Å². The van der Waals surface area contributed by atoms with E-state index >= 15 is 0 Å². The van der Waals surface area contributed by atoms with E-state index in [-0.39, 0.29) is 11.4 Å². The van der Waals surface area contributed by atoms with E-state index in [9.17, 15) is 4.39 Å². The second-order valence-electron chi connectivity index (χ2n) is 5.26. The van der Waals surface area contributed by atoms with E-state index in [1.165, 1.54) is 11.8 Å². The van der Waals surface area contributed by atoms with Crippen LogP contribution in [0.15, 0.2) is 22.7 Å². The van der Waals surface area contributed by atoms with Gasteiger partial charge in [0, 0.05) is 22.9 Å². The number of hydrogen-bond donors (Lipinski definition) is 1. The summed E-state index contributed by atoms with van der Waals surface area (Å²) >= 11 is 5.37. The summed E-state index contributed by atoms with van der Waals surface area (Å²) in [5, 5.41) is 3.36. The summed E-state index contributed by atoms with van der Waals surface area (Å²) in [6.07, 6.45) is 3.03. The fourth-order valence-electron chi connectivity index (χ4n) is 2.85. The molecule has 2 saturated heterocycles. The first-order valence-electron chi connectivity index (χ1n) is 6.61. The molecule has 2 aliphatic rings. The van der Waals surface area contributed by atoms with Crippen LogP contribution in [0.25, 0.3) is 0 Å². The lowest BCUT2D eigenvalue weighted by Gasteiger charge is -2.38. The monoisotopic (exact) mass is 345 g/mol. The molecule has 1 aromatic carbocycles. The molecule has 1 N–H and O–H groups in total. The summed E-state index contributed by atoms with van der Waals surface area (Å²) < 4.78 is 20.6. The highest BCUT2D eigenvalue weighted by molar-refractivity contribution is 9.10. The van der Waals surface area contributed by atoms with Crippen LogP contribution in [0.2, 0.25) is 0 Å². The van der Waals surface area contributed by atoms with Gasteiger partial charge in [0.05, 0.1) is 11.3 Å². The molecule has 2 heterocycles. The molecule has 0 radical (unpaired) electrons. The number of para-hydroxylation sites is 1. The van der Waals surface area contributed by atoms with Gasteiger partial charge in [-0.2, -0.15) is 11.8 Å². The quantitative estimate of drug-likeness (QED) is 0.873. The smallest absolute Gasteiger partial charge is 0.147 e. The van der Waals surface area contributed by atoms with Crippen molar-refractivity contribution in [2.24, 2.45) is 0 Å². The minimum atomic E-state index is -0.198. The molecule has 1 spiro atoms. The fourth-order valence-corrected chi connectivity index (χ4v) is 4.69. The van der Waals surface area contributed by atoms with Gasteiger partial charge in [-0.25, -0.2) is 4.39 Å². The molecule has 1 aromatic rings.